The van der Waals surface area contributed by atoms with Gasteiger partial charge in [0, 0.05) is 17.3 Å². The highest BCUT2D eigenvalue weighted by Gasteiger charge is 2.22. The summed E-state index contributed by atoms with van der Waals surface area (Å²) in [5.41, 5.74) is 6.51. The van der Waals surface area contributed by atoms with Gasteiger partial charge in [0.25, 0.3) is 6.47 Å². The first-order valence-electron chi connectivity index (χ1n) is 10.2. The maximum atomic E-state index is 14.1. The number of ether oxygens (including phenoxy) is 2. The predicted octanol–water partition coefficient (Wildman–Crippen LogP) is 3.34. The first kappa shape index (κ1) is 25.0. The number of nitrogens with zero attached hydrogens (tertiary/aromatic N) is 1. The van der Waals surface area contributed by atoms with Gasteiger partial charge in [0.1, 0.15) is 22.2 Å². The smallest absolute Gasteiger partial charge is 0.294 e. The molecule has 0 aliphatic heterocycles. The van der Waals surface area contributed by atoms with Gasteiger partial charge in [-0.3, -0.25) is 20.3 Å². The van der Waals surface area contributed by atoms with Crippen molar-refractivity contribution < 1.29 is 31.9 Å². The van der Waals surface area contributed by atoms with Gasteiger partial charge in [-0.2, -0.15) is 0 Å². The highest BCUT2D eigenvalue weighted by atomic mass is 32.2. The summed E-state index contributed by atoms with van der Waals surface area (Å²) in [6, 6.07) is 12.4. The summed E-state index contributed by atoms with van der Waals surface area (Å²) in [5, 5.41) is 0. The average Bonchev–Trinajstić information content (AvgIpc) is 2.78. The highest BCUT2D eigenvalue weighted by molar-refractivity contribution is 7.90. The van der Waals surface area contributed by atoms with Gasteiger partial charge in [-0.15, -0.1) is 0 Å². The Kier molecular flexibility index (Phi) is 7.75. The summed E-state index contributed by atoms with van der Waals surface area (Å²) in [5.74, 6) is -1.59. The van der Waals surface area contributed by atoms with Crippen LogP contribution in [0.5, 0.6) is 5.75 Å². The summed E-state index contributed by atoms with van der Waals surface area (Å²) >= 11 is 0. The van der Waals surface area contributed by atoms with Crippen molar-refractivity contribution in [2.75, 3.05) is 0 Å². The monoisotopic (exact) mass is 486 g/mol. The molecule has 0 aliphatic rings. The summed E-state index contributed by atoms with van der Waals surface area (Å²) in [6.07, 6.45) is 0.0459. The number of rotatable bonds is 10. The van der Waals surface area contributed by atoms with E-state index in [1.165, 1.54) is 54.7 Å². The zero-order valence-corrected chi connectivity index (χ0v) is 19.3. The Labute approximate surface area is 196 Å². The average molecular weight is 487 g/mol. The van der Waals surface area contributed by atoms with Crippen molar-refractivity contribution in [3.8, 4) is 5.75 Å². The van der Waals surface area contributed by atoms with Gasteiger partial charge >= 0.3 is 0 Å². The van der Waals surface area contributed by atoms with E-state index >= 15 is 0 Å². The van der Waals surface area contributed by atoms with Crippen molar-refractivity contribution >= 4 is 22.1 Å². The van der Waals surface area contributed by atoms with Crippen LogP contribution in [0.4, 0.5) is 4.39 Å². The van der Waals surface area contributed by atoms with Crippen LogP contribution < -0.4 is 10.5 Å². The molecule has 1 aromatic heterocycles. The van der Waals surface area contributed by atoms with Crippen molar-refractivity contribution in [1.29, 1.82) is 0 Å². The Morgan fingerprint density at radius 1 is 1.15 bits per heavy atom. The Balaban J connectivity index is 1.96. The highest BCUT2D eigenvalue weighted by Crippen LogP contribution is 2.25. The molecule has 0 fully saturated rings. The fraction of sp³-hybridized carbons (Fsp3) is 0.208. The third-order valence-electron chi connectivity index (χ3n) is 4.68. The van der Waals surface area contributed by atoms with Gasteiger partial charge in [0.2, 0.25) is 5.78 Å². The Morgan fingerprint density at radius 2 is 1.88 bits per heavy atom. The zero-order chi connectivity index (χ0) is 24.9. The molecule has 0 saturated heterocycles. The topological polar surface area (TPSA) is 126 Å². The minimum absolute atomic E-state index is 0.0617. The van der Waals surface area contributed by atoms with Gasteiger partial charge in [-0.25, -0.2) is 12.8 Å². The van der Waals surface area contributed by atoms with Gasteiger partial charge in [0.15, 0.2) is 16.1 Å². The van der Waals surface area contributed by atoms with E-state index in [1.807, 2.05) is 0 Å². The molecule has 1 heterocycles. The lowest BCUT2D eigenvalue weighted by atomic mass is 10.0. The summed E-state index contributed by atoms with van der Waals surface area (Å²) < 4.78 is 50.1. The maximum absolute atomic E-state index is 14.1. The van der Waals surface area contributed by atoms with E-state index in [1.54, 1.807) is 13.8 Å². The minimum Gasteiger partial charge on any atom is -0.491 e. The van der Waals surface area contributed by atoms with E-state index < -0.39 is 38.3 Å². The molecule has 0 saturated carbocycles. The normalized spacial score (nSPS) is 12.3. The molecule has 0 spiro atoms. The number of benzene rings is 2. The van der Waals surface area contributed by atoms with Crippen LogP contribution in [0.3, 0.4) is 0 Å². The predicted molar refractivity (Wildman–Crippen MR) is 121 cm³/mol. The second-order valence-electron chi connectivity index (χ2n) is 7.68. The lowest BCUT2D eigenvalue weighted by molar-refractivity contribution is -0.133. The summed E-state index contributed by atoms with van der Waals surface area (Å²) in [4.78, 5) is 27.2. The largest absolute Gasteiger partial charge is 0.491 e. The molecule has 2 aromatic carbocycles. The number of hydrogen-bond acceptors (Lipinski definition) is 8. The van der Waals surface area contributed by atoms with E-state index in [0.29, 0.717) is 5.56 Å². The number of aromatic nitrogens is 1. The lowest BCUT2D eigenvalue weighted by Gasteiger charge is -2.14. The number of hydrogen-bond donors (Lipinski definition) is 1. The molecule has 0 amide bonds. The molecule has 8 nitrogen and oxygen atoms in total. The van der Waals surface area contributed by atoms with Crippen LogP contribution in [0.15, 0.2) is 65.7 Å². The lowest BCUT2D eigenvalue weighted by Crippen LogP contribution is -2.15. The van der Waals surface area contributed by atoms with E-state index in [0.717, 1.165) is 6.07 Å². The van der Waals surface area contributed by atoms with Crippen molar-refractivity contribution in [2.24, 2.45) is 5.73 Å². The Morgan fingerprint density at radius 3 is 2.50 bits per heavy atom. The van der Waals surface area contributed by atoms with Crippen LogP contribution in [0, 0.1) is 5.82 Å². The molecule has 0 radical (unpaired) electrons. The molecule has 1 atom stereocenters. The Hall–Kier alpha value is -3.63. The zero-order valence-electron chi connectivity index (χ0n) is 18.5. The van der Waals surface area contributed by atoms with Crippen LogP contribution in [0.2, 0.25) is 0 Å². The number of carbonyl (C=O) groups is 2. The summed E-state index contributed by atoms with van der Waals surface area (Å²) in [6.45, 7) is 3.78. The van der Waals surface area contributed by atoms with Crippen LogP contribution in [0.25, 0.3) is 0 Å². The van der Waals surface area contributed by atoms with Crippen LogP contribution in [-0.2, 0) is 25.1 Å². The van der Waals surface area contributed by atoms with Gasteiger partial charge in [-0.05, 0) is 55.8 Å². The molecular formula is C24H23FN2O6S. The SMILES string of the molecule is CC(C)Oc1cc(CS(=O)(=O)c2ccccc2F)cc(C(=O)c2ccc(C(N)OC=O)cn2)c1. The molecule has 34 heavy (non-hydrogen) atoms. The maximum Gasteiger partial charge on any atom is 0.294 e. The van der Waals surface area contributed by atoms with Crippen LogP contribution in [-0.4, -0.2) is 31.8 Å². The number of halogens is 1. The summed E-state index contributed by atoms with van der Waals surface area (Å²) in [7, 11) is -4.03. The molecule has 3 aromatic rings. The molecule has 3 rings (SSSR count). The minimum atomic E-state index is -4.03. The van der Waals surface area contributed by atoms with Crippen molar-refractivity contribution in [3.63, 3.8) is 0 Å². The number of carbonyl (C=O) groups excluding carboxylic acids is 2. The molecule has 10 heteroatoms. The second-order valence-corrected chi connectivity index (χ2v) is 9.64. The van der Waals surface area contributed by atoms with Crippen molar-refractivity contribution in [1.82, 2.24) is 4.98 Å². The van der Waals surface area contributed by atoms with E-state index in [-0.39, 0.29) is 35.1 Å². The fourth-order valence-electron chi connectivity index (χ4n) is 3.20. The number of pyridine rings is 1. The third-order valence-corrected chi connectivity index (χ3v) is 6.39. The quantitative estimate of drug-likeness (QED) is 0.263. The number of nitrogens with two attached hydrogens (primary N) is 1. The van der Waals surface area contributed by atoms with Crippen LogP contribution >= 0.6 is 0 Å². The molecule has 2 N–H and O–H groups in total. The second kappa shape index (κ2) is 10.5. The van der Waals surface area contributed by atoms with Crippen LogP contribution in [0.1, 0.15) is 47.3 Å². The first-order valence-corrected chi connectivity index (χ1v) is 11.9. The molecule has 178 valence electrons. The van der Waals surface area contributed by atoms with Gasteiger partial charge in [-0.1, -0.05) is 18.2 Å². The molecular weight excluding hydrogens is 463 g/mol. The van der Waals surface area contributed by atoms with Crippen molar-refractivity contribution in [3.05, 3.63) is 89.0 Å². The van der Waals surface area contributed by atoms with Gasteiger partial charge in [0.05, 0.1) is 11.9 Å². The van der Waals surface area contributed by atoms with Crippen molar-refractivity contribution in [2.45, 2.75) is 36.8 Å². The number of ketones is 1. The Bertz CT molecular complexity index is 1290. The van der Waals surface area contributed by atoms with E-state index in [4.69, 9.17) is 10.5 Å². The van der Waals surface area contributed by atoms with E-state index in [9.17, 15) is 22.4 Å². The van der Waals surface area contributed by atoms with Gasteiger partial charge < -0.3 is 9.47 Å². The standard InChI is InChI=1S/C24H23FN2O6S/c1-15(2)33-19-10-16(13-34(30,31)22-6-4-3-5-20(22)25)9-18(11-19)23(29)21-8-7-17(12-27-21)24(26)32-14-28/h3-12,14-15,24H,13,26H2,1-2H3. The third kappa shape index (κ3) is 6.03. The molecule has 0 aliphatic carbocycles. The number of sulfone groups is 1. The van der Waals surface area contributed by atoms with E-state index in [2.05, 4.69) is 9.72 Å². The molecule has 0 bridgehead atoms. The first-order chi connectivity index (χ1) is 16.1. The fourth-order valence-corrected chi connectivity index (χ4v) is 4.62. The molecule has 1 unspecified atom stereocenters.